The van der Waals surface area contributed by atoms with E-state index in [4.69, 9.17) is 0 Å². The van der Waals surface area contributed by atoms with Crippen LogP contribution in [0.15, 0.2) is 11.6 Å². The molecule has 1 rings (SSSR count). The summed E-state index contributed by atoms with van der Waals surface area (Å²) in [5.41, 5.74) is 0. The largest absolute Gasteiger partial charge is 0.460 e. The monoisotopic (exact) mass is 242 g/mol. The van der Waals surface area contributed by atoms with E-state index < -0.39 is 36.2 Å². The van der Waals surface area contributed by atoms with E-state index in [0.29, 0.717) is 0 Å². The highest BCUT2D eigenvalue weighted by Crippen LogP contribution is 2.46. The van der Waals surface area contributed by atoms with Crippen molar-refractivity contribution in [2.75, 3.05) is 0 Å². The van der Waals surface area contributed by atoms with Gasteiger partial charge in [0.25, 0.3) is 6.36 Å². The SMILES string of the molecule is F/C(=C1\O[C@@H](F)[C@H]1F)C(F)(F)C(F)(F)F. The predicted octanol–water partition coefficient (Wildman–Crippen LogP) is 3.03. The lowest BCUT2D eigenvalue weighted by atomic mass is 10.1. The zero-order valence-corrected chi connectivity index (χ0v) is 6.59. The maximum absolute atomic E-state index is 12.4. The lowest BCUT2D eigenvalue weighted by molar-refractivity contribution is -0.275. The van der Waals surface area contributed by atoms with Crippen LogP contribution in [-0.4, -0.2) is 24.6 Å². The summed E-state index contributed by atoms with van der Waals surface area (Å²) in [5, 5.41) is 0. The molecule has 1 nitrogen and oxygen atoms in total. The topological polar surface area (TPSA) is 9.23 Å². The average molecular weight is 242 g/mol. The first-order valence-corrected chi connectivity index (χ1v) is 3.38. The number of alkyl halides is 7. The third-order valence-electron chi connectivity index (χ3n) is 1.57. The van der Waals surface area contributed by atoms with Gasteiger partial charge in [0.15, 0.2) is 5.76 Å². The molecule has 0 aromatic heterocycles. The van der Waals surface area contributed by atoms with Gasteiger partial charge in [-0.1, -0.05) is 0 Å². The van der Waals surface area contributed by atoms with E-state index in [2.05, 4.69) is 4.74 Å². The molecule has 0 radical (unpaired) electrons. The fourth-order valence-electron chi connectivity index (χ4n) is 0.745. The summed E-state index contributed by atoms with van der Waals surface area (Å²) in [5.74, 6) is -11.0. The maximum atomic E-state index is 12.4. The predicted molar refractivity (Wildman–Crippen MR) is 30.0 cm³/mol. The Morgan fingerprint density at radius 1 is 1.07 bits per heavy atom. The Morgan fingerprint density at radius 3 is 1.80 bits per heavy atom. The number of rotatable bonds is 1. The van der Waals surface area contributed by atoms with Gasteiger partial charge in [-0.15, -0.1) is 0 Å². The average Bonchev–Trinajstić information content (AvgIpc) is 2.10. The number of allylic oxidation sites excluding steroid dienone is 1. The summed E-state index contributed by atoms with van der Waals surface area (Å²) in [6, 6.07) is 0. The molecule has 15 heavy (non-hydrogen) atoms. The van der Waals surface area contributed by atoms with Crippen LogP contribution in [0, 0.1) is 0 Å². The zero-order valence-electron chi connectivity index (χ0n) is 6.59. The van der Waals surface area contributed by atoms with Gasteiger partial charge in [0.1, 0.15) is 0 Å². The van der Waals surface area contributed by atoms with Crippen LogP contribution in [-0.2, 0) is 4.74 Å². The van der Waals surface area contributed by atoms with Gasteiger partial charge in [-0.25, -0.2) is 8.78 Å². The molecule has 2 atom stereocenters. The Hall–Kier alpha value is -1.02. The van der Waals surface area contributed by atoms with Crippen molar-refractivity contribution in [3.63, 3.8) is 0 Å². The van der Waals surface area contributed by atoms with Crippen molar-refractivity contribution >= 4 is 0 Å². The van der Waals surface area contributed by atoms with Crippen LogP contribution in [0.5, 0.6) is 0 Å². The molecule has 1 heterocycles. The highest BCUT2D eigenvalue weighted by atomic mass is 19.4. The molecule has 88 valence electrons. The van der Waals surface area contributed by atoms with Crippen LogP contribution in [0.25, 0.3) is 0 Å². The van der Waals surface area contributed by atoms with Gasteiger partial charge < -0.3 is 4.74 Å². The molecule has 1 aliphatic rings. The molecule has 0 N–H and O–H groups in total. The second kappa shape index (κ2) is 3.24. The first-order chi connectivity index (χ1) is 6.59. The van der Waals surface area contributed by atoms with Gasteiger partial charge >= 0.3 is 12.1 Å². The van der Waals surface area contributed by atoms with Gasteiger partial charge in [-0.3, -0.25) is 0 Å². The van der Waals surface area contributed by atoms with E-state index in [0.717, 1.165) is 0 Å². The van der Waals surface area contributed by atoms with Crippen molar-refractivity contribution in [1.29, 1.82) is 0 Å². The molecule has 0 saturated carbocycles. The van der Waals surface area contributed by atoms with Crippen molar-refractivity contribution in [3.05, 3.63) is 11.6 Å². The first kappa shape index (κ1) is 12.1. The third kappa shape index (κ3) is 1.74. The second-order valence-corrected chi connectivity index (χ2v) is 2.62. The van der Waals surface area contributed by atoms with Crippen LogP contribution in [0.4, 0.5) is 35.1 Å². The Kier molecular flexibility index (Phi) is 2.60. The minimum Gasteiger partial charge on any atom is -0.455 e. The summed E-state index contributed by atoms with van der Waals surface area (Å²) in [6.45, 7) is 0. The Morgan fingerprint density at radius 2 is 1.53 bits per heavy atom. The highest BCUT2D eigenvalue weighted by Gasteiger charge is 2.64. The molecule has 0 spiro atoms. The van der Waals surface area contributed by atoms with Crippen molar-refractivity contribution in [3.8, 4) is 0 Å². The van der Waals surface area contributed by atoms with Gasteiger partial charge in [-0.2, -0.15) is 26.3 Å². The number of hydrogen-bond donors (Lipinski definition) is 0. The highest BCUT2D eigenvalue weighted by molar-refractivity contribution is 5.21. The van der Waals surface area contributed by atoms with Crippen LogP contribution in [0.2, 0.25) is 0 Å². The van der Waals surface area contributed by atoms with Gasteiger partial charge in [0.2, 0.25) is 12.0 Å². The first-order valence-electron chi connectivity index (χ1n) is 3.38. The van der Waals surface area contributed by atoms with E-state index in [1.807, 2.05) is 0 Å². The standard InChI is InChI=1S/C6H2F8O/c7-1-2(15-4(1)9)3(8)5(10,11)6(12,13)14/h1,4H/b3-2-/t1-,4+/m0/s1. The molecule has 0 unspecified atom stereocenters. The molecule has 0 bridgehead atoms. The number of halogens is 8. The van der Waals surface area contributed by atoms with Crippen LogP contribution in [0.1, 0.15) is 0 Å². The minimum absolute atomic E-state index is 1.95. The quantitative estimate of drug-likeness (QED) is 0.642. The van der Waals surface area contributed by atoms with Gasteiger partial charge in [-0.05, 0) is 0 Å². The van der Waals surface area contributed by atoms with Crippen molar-refractivity contribution in [1.82, 2.24) is 0 Å². The van der Waals surface area contributed by atoms with E-state index in [-0.39, 0.29) is 0 Å². The summed E-state index contributed by atoms with van der Waals surface area (Å²) in [6.07, 6.45) is -11.9. The Bertz CT molecular complexity index is 292. The molecule has 1 saturated heterocycles. The van der Waals surface area contributed by atoms with Crippen molar-refractivity contribution < 1.29 is 39.9 Å². The zero-order chi connectivity index (χ0) is 12.0. The van der Waals surface area contributed by atoms with Crippen LogP contribution in [0.3, 0.4) is 0 Å². The molecular formula is C6H2F8O. The summed E-state index contributed by atoms with van der Waals surface area (Å²) in [4.78, 5) is 0. The van der Waals surface area contributed by atoms with Crippen molar-refractivity contribution in [2.24, 2.45) is 0 Å². The number of ether oxygens (including phenoxy) is 1. The van der Waals surface area contributed by atoms with Gasteiger partial charge in [0, 0.05) is 0 Å². The molecule has 0 aliphatic carbocycles. The molecular weight excluding hydrogens is 240 g/mol. The second-order valence-electron chi connectivity index (χ2n) is 2.62. The minimum atomic E-state index is -6.23. The fourth-order valence-corrected chi connectivity index (χ4v) is 0.745. The molecule has 0 aromatic rings. The lowest BCUT2D eigenvalue weighted by Gasteiger charge is -2.30. The summed E-state index contributed by atoms with van der Waals surface area (Å²) >= 11 is 0. The molecule has 0 aromatic carbocycles. The normalized spacial score (nSPS) is 30.7. The lowest BCUT2D eigenvalue weighted by Crippen LogP contribution is -2.43. The molecule has 0 amide bonds. The molecule has 1 fully saturated rings. The smallest absolute Gasteiger partial charge is 0.455 e. The maximum Gasteiger partial charge on any atom is 0.460 e. The van der Waals surface area contributed by atoms with E-state index in [9.17, 15) is 35.1 Å². The third-order valence-corrected chi connectivity index (χ3v) is 1.57. The van der Waals surface area contributed by atoms with E-state index in [1.54, 1.807) is 0 Å². The molecule has 9 heteroatoms. The van der Waals surface area contributed by atoms with E-state index in [1.165, 1.54) is 0 Å². The number of hydrogen-bond acceptors (Lipinski definition) is 1. The van der Waals surface area contributed by atoms with Crippen LogP contribution >= 0.6 is 0 Å². The fraction of sp³-hybridized carbons (Fsp3) is 0.667. The van der Waals surface area contributed by atoms with E-state index >= 15 is 0 Å². The van der Waals surface area contributed by atoms with Gasteiger partial charge in [0.05, 0.1) is 0 Å². The summed E-state index contributed by atoms with van der Waals surface area (Å²) < 4.78 is 98.9. The summed E-state index contributed by atoms with van der Waals surface area (Å²) in [7, 11) is 0. The van der Waals surface area contributed by atoms with Crippen molar-refractivity contribution in [2.45, 2.75) is 24.6 Å². The Balaban J connectivity index is 2.99. The van der Waals surface area contributed by atoms with Crippen LogP contribution < -0.4 is 0 Å². The molecule has 1 aliphatic heterocycles. The Labute approximate surface area is 77.3 Å².